The quantitative estimate of drug-likeness (QED) is 0.730. The topological polar surface area (TPSA) is 64.9 Å². The van der Waals surface area contributed by atoms with Crippen LogP contribution < -0.4 is 5.73 Å². The number of nitrogen functional groups attached to an aromatic ring is 1. The smallest absolute Gasteiger partial charge is 0.260 e. The van der Waals surface area contributed by atoms with Gasteiger partial charge in [-0.15, -0.1) is 11.3 Å². The van der Waals surface area contributed by atoms with Crippen molar-refractivity contribution < 1.29 is 4.52 Å². The highest BCUT2D eigenvalue weighted by molar-refractivity contribution is 7.09. The van der Waals surface area contributed by atoms with E-state index in [0.717, 1.165) is 4.88 Å². The molecule has 0 fully saturated rings. The minimum atomic E-state index is 0.318. The van der Waals surface area contributed by atoms with Gasteiger partial charge in [0.25, 0.3) is 5.89 Å². The summed E-state index contributed by atoms with van der Waals surface area (Å²) in [6, 6.07) is 7.23. The van der Waals surface area contributed by atoms with Crippen LogP contribution in [0.25, 0.3) is 11.5 Å². The van der Waals surface area contributed by atoms with E-state index in [2.05, 4.69) is 10.1 Å². The van der Waals surface area contributed by atoms with Gasteiger partial charge in [0.15, 0.2) is 5.82 Å². The lowest BCUT2D eigenvalue weighted by Crippen LogP contribution is -1.92. The van der Waals surface area contributed by atoms with Gasteiger partial charge in [-0.25, -0.2) is 0 Å². The second-order valence-corrected chi connectivity index (χ2v) is 6.00. The van der Waals surface area contributed by atoms with Gasteiger partial charge in [-0.1, -0.05) is 34.4 Å². The summed E-state index contributed by atoms with van der Waals surface area (Å²) in [5.74, 6) is 0.913. The number of hydrogen-bond acceptors (Lipinski definition) is 5. The normalized spacial score (nSPS) is 10.9. The number of anilines is 1. The Hall–Kier alpha value is -1.56. The molecule has 0 aliphatic carbocycles. The van der Waals surface area contributed by atoms with Gasteiger partial charge in [-0.2, -0.15) is 4.98 Å². The number of benzene rings is 1. The summed E-state index contributed by atoms with van der Waals surface area (Å²) < 4.78 is 5.24. The molecule has 0 saturated carbocycles. The predicted molar refractivity (Wildman–Crippen MR) is 81.3 cm³/mol. The van der Waals surface area contributed by atoms with E-state index >= 15 is 0 Å². The number of aromatic nitrogens is 2. The van der Waals surface area contributed by atoms with Crippen LogP contribution in [-0.2, 0) is 6.42 Å². The van der Waals surface area contributed by atoms with E-state index in [4.69, 9.17) is 33.5 Å². The van der Waals surface area contributed by atoms with E-state index in [1.165, 1.54) is 0 Å². The summed E-state index contributed by atoms with van der Waals surface area (Å²) in [5, 5.41) is 6.79. The van der Waals surface area contributed by atoms with Gasteiger partial charge < -0.3 is 10.3 Å². The molecule has 7 heteroatoms. The first-order valence-corrected chi connectivity index (χ1v) is 7.37. The van der Waals surface area contributed by atoms with Crippen molar-refractivity contribution in [2.24, 2.45) is 0 Å². The first kappa shape index (κ1) is 13.4. The third-order valence-electron chi connectivity index (χ3n) is 2.71. The summed E-state index contributed by atoms with van der Waals surface area (Å²) >= 11 is 13.6. The Bertz CT molecular complexity index is 740. The molecule has 4 nitrogen and oxygen atoms in total. The third kappa shape index (κ3) is 2.65. The molecule has 3 aromatic rings. The third-order valence-corrected chi connectivity index (χ3v) is 4.11. The number of thiophene rings is 1. The molecule has 0 aliphatic heterocycles. The van der Waals surface area contributed by atoms with Gasteiger partial charge in [0.2, 0.25) is 0 Å². The molecule has 0 unspecified atom stereocenters. The van der Waals surface area contributed by atoms with Crippen LogP contribution in [0, 0.1) is 0 Å². The lowest BCUT2D eigenvalue weighted by molar-refractivity contribution is 0.424. The number of nitrogens with zero attached hydrogens (tertiary/aromatic N) is 2. The highest BCUT2D eigenvalue weighted by Gasteiger charge is 2.15. The van der Waals surface area contributed by atoms with Crippen LogP contribution in [0.3, 0.4) is 0 Å². The van der Waals surface area contributed by atoms with Crippen LogP contribution in [0.5, 0.6) is 0 Å². The van der Waals surface area contributed by atoms with Crippen molar-refractivity contribution in [1.82, 2.24) is 10.1 Å². The molecule has 1 aromatic carbocycles. The summed E-state index contributed by atoms with van der Waals surface area (Å²) in [6.45, 7) is 0. The minimum Gasteiger partial charge on any atom is -0.397 e. The first-order chi connectivity index (χ1) is 9.63. The van der Waals surface area contributed by atoms with E-state index in [0.29, 0.717) is 39.4 Å². The second-order valence-electron chi connectivity index (χ2n) is 4.12. The van der Waals surface area contributed by atoms with E-state index in [1.54, 1.807) is 23.5 Å². The molecule has 0 amide bonds. The van der Waals surface area contributed by atoms with Crippen LogP contribution in [0.4, 0.5) is 5.69 Å². The van der Waals surface area contributed by atoms with E-state index in [-0.39, 0.29) is 0 Å². The van der Waals surface area contributed by atoms with Crippen molar-refractivity contribution in [3.8, 4) is 11.5 Å². The Kier molecular flexibility index (Phi) is 3.65. The minimum absolute atomic E-state index is 0.318. The fourth-order valence-electron chi connectivity index (χ4n) is 1.77. The molecule has 2 heterocycles. The molecule has 3 rings (SSSR count). The SMILES string of the molecule is Nc1c(Cl)cc(Cl)cc1-c1nc(Cc2cccs2)no1. The molecule has 102 valence electrons. The van der Waals surface area contributed by atoms with Crippen molar-refractivity contribution in [2.45, 2.75) is 6.42 Å². The van der Waals surface area contributed by atoms with Crippen molar-refractivity contribution in [2.75, 3.05) is 5.73 Å². The highest BCUT2D eigenvalue weighted by Crippen LogP contribution is 2.34. The lowest BCUT2D eigenvalue weighted by atomic mass is 10.2. The molecule has 2 N–H and O–H groups in total. The Morgan fingerprint density at radius 2 is 2.15 bits per heavy atom. The Balaban J connectivity index is 1.94. The van der Waals surface area contributed by atoms with Crippen LogP contribution in [0.15, 0.2) is 34.2 Å². The molecule has 20 heavy (non-hydrogen) atoms. The van der Waals surface area contributed by atoms with Crippen molar-refractivity contribution >= 4 is 40.2 Å². The molecule has 2 aromatic heterocycles. The number of rotatable bonds is 3. The fourth-order valence-corrected chi connectivity index (χ4v) is 2.96. The predicted octanol–water partition coefficient (Wildman–Crippen LogP) is 4.28. The molecule has 0 bridgehead atoms. The number of nitrogens with two attached hydrogens (primary N) is 1. The van der Waals surface area contributed by atoms with Gasteiger partial charge in [0, 0.05) is 16.3 Å². The van der Waals surface area contributed by atoms with Gasteiger partial charge in [0.1, 0.15) is 0 Å². The van der Waals surface area contributed by atoms with E-state index in [9.17, 15) is 0 Å². The molecular formula is C13H9Cl2N3OS. The zero-order valence-electron chi connectivity index (χ0n) is 10.1. The second kappa shape index (κ2) is 5.44. The maximum absolute atomic E-state index is 5.99. The zero-order valence-corrected chi connectivity index (χ0v) is 12.5. The molecule has 0 spiro atoms. The largest absolute Gasteiger partial charge is 0.397 e. The summed E-state index contributed by atoms with van der Waals surface area (Å²) in [4.78, 5) is 5.49. The average Bonchev–Trinajstić information content (AvgIpc) is 3.06. The lowest BCUT2D eigenvalue weighted by Gasteiger charge is -2.03. The molecular weight excluding hydrogens is 317 g/mol. The molecule has 0 aliphatic rings. The number of hydrogen-bond donors (Lipinski definition) is 1. The first-order valence-electron chi connectivity index (χ1n) is 5.73. The fraction of sp³-hybridized carbons (Fsp3) is 0.0769. The maximum Gasteiger partial charge on any atom is 0.260 e. The van der Waals surface area contributed by atoms with Gasteiger partial charge in [-0.3, -0.25) is 0 Å². The van der Waals surface area contributed by atoms with Crippen LogP contribution >= 0.6 is 34.5 Å². The van der Waals surface area contributed by atoms with Crippen molar-refractivity contribution in [3.05, 3.63) is 50.4 Å². The zero-order chi connectivity index (χ0) is 14.1. The van der Waals surface area contributed by atoms with Crippen molar-refractivity contribution in [3.63, 3.8) is 0 Å². The molecule has 0 radical (unpaired) electrons. The van der Waals surface area contributed by atoms with Crippen molar-refractivity contribution in [1.29, 1.82) is 0 Å². The Labute approximate surface area is 129 Å². The standard InChI is InChI=1S/C13H9Cl2N3OS/c14-7-4-9(12(16)10(15)5-7)13-17-11(18-19-13)6-8-2-1-3-20-8/h1-5H,6,16H2. The summed E-state index contributed by atoms with van der Waals surface area (Å²) in [7, 11) is 0. The Morgan fingerprint density at radius 3 is 2.90 bits per heavy atom. The van der Waals surface area contributed by atoms with Crippen LogP contribution in [0.2, 0.25) is 10.0 Å². The van der Waals surface area contributed by atoms with Crippen LogP contribution in [-0.4, -0.2) is 10.1 Å². The molecule has 0 saturated heterocycles. The van der Waals surface area contributed by atoms with Gasteiger partial charge in [-0.05, 0) is 23.6 Å². The summed E-state index contributed by atoms with van der Waals surface area (Å²) in [6.07, 6.45) is 0.620. The summed E-state index contributed by atoms with van der Waals surface area (Å²) in [5.41, 5.74) is 6.84. The monoisotopic (exact) mass is 325 g/mol. The van der Waals surface area contributed by atoms with Gasteiger partial charge in [0.05, 0.1) is 16.3 Å². The van der Waals surface area contributed by atoms with Crippen LogP contribution in [0.1, 0.15) is 10.7 Å². The average molecular weight is 326 g/mol. The highest BCUT2D eigenvalue weighted by atomic mass is 35.5. The van der Waals surface area contributed by atoms with E-state index in [1.807, 2.05) is 17.5 Å². The Morgan fingerprint density at radius 1 is 1.30 bits per heavy atom. The molecule has 0 atom stereocenters. The number of halogens is 2. The van der Waals surface area contributed by atoms with E-state index < -0.39 is 0 Å². The van der Waals surface area contributed by atoms with Gasteiger partial charge >= 0.3 is 0 Å². The maximum atomic E-state index is 5.99.